The molecule has 1 aliphatic heterocycles. The summed E-state index contributed by atoms with van der Waals surface area (Å²) in [4.78, 5) is 18.9. The van der Waals surface area contributed by atoms with E-state index in [1.807, 2.05) is 47.4 Å². The Labute approximate surface area is 148 Å². The second-order valence-corrected chi connectivity index (χ2v) is 6.41. The van der Waals surface area contributed by atoms with Crippen molar-refractivity contribution in [2.24, 2.45) is 0 Å². The predicted octanol–water partition coefficient (Wildman–Crippen LogP) is 3.44. The van der Waals surface area contributed by atoms with E-state index in [0.717, 1.165) is 36.9 Å². The van der Waals surface area contributed by atoms with E-state index in [4.69, 9.17) is 5.11 Å². The highest BCUT2D eigenvalue weighted by Gasteiger charge is 2.31. The van der Waals surface area contributed by atoms with Gasteiger partial charge in [-0.25, -0.2) is 4.79 Å². The molecule has 2 heterocycles. The molecule has 1 aromatic heterocycles. The first kappa shape index (κ1) is 17.4. The van der Waals surface area contributed by atoms with Gasteiger partial charge in [0.2, 0.25) is 0 Å². The Balaban J connectivity index is 1.72. The van der Waals surface area contributed by atoms with E-state index < -0.39 is 0 Å². The van der Waals surface area contributed by atoms with Crippen LogP contribution in [0.4, 0.5) is 4.79 Å². The molecule has 5 heteroatoms. The van der Waals surface area contributed by atoms with Gasteiger partial charge in [0, 0.05) is 25.5 Å². The first-order valence-corrected chi connectivity index (χ1v) is 8.92. The maximum absolute atomic E-state index is 12.9. The number of likely N-dealkylation sites (tertiary alicyclic amines) is 1. The van der Waals surface area contributed by atoms with Crippen molar-refractivity contribution in [3.05, 3.63) is 66.0 Å². The standard InChI is InChI=1S/C20H25N3O2/c24-15-5-8-18(16-6-2-1-3-7-16)22-20(25)23-14-4-9-19(23)17-10-12-21-13-11-17/h1-3,6-7,10-13,18-19,24H,4-5,8-9,14-15H2,(H,22,25). The molecule has 1 fully saturated rings. The number of hydrogen-bond acceptors (Lipinski definition) is 3. The molecule has 1 saturated heterocycles. The second-order valence-electron chi connectivity index (χ2n) is 6.41. The maximum Gasteiger partial charge on any atom is 0.318 e. The van der Waals surface area contributed by atoms with Crippen LogP contribution in [-0.2, 0) is 0 Å². The van der Waals surface area contributed by atoms with Crippen LogP contribution in [0.2, 0.25) is 0 Å². The highest BCUT2D eigenvalue weighted by atomic mass is 16.3. The molecule has 25 heavy (non-hydrogen) atoms. The first-order valence-electron chi connectivity index (χ1n) is 8.92. The Kier molecular flexibility index (Phi) is 6.01. The molecule has 0 saturated carbocycles. The van der Waals surface area contributed by atoms with Gasteiger partial charge in [0.25, 0.3) is 0 Å². The van der Waals surface area contributed by atoms with Crippen molar-refractivity contribution in [2.75, 3.05) is 13.2 Å². The van der Waals surface area contributed by atoms with Crippen LogP contribution in [-0.4, -0.2) is 34.2 Å². The Morgan fingerprint density at radius 1 is 1.24 bits per heavy atom. The third kappa shape index (κ3) is 4.37. The number of aliphatic hydroxyl groups excluding tert-OH is 1. The molecule has 2 unspecified atom stereocenters. The topological polar surface area (TPSA) is 65.5 Å². The van der Waals surface area contributed by atoms with Crippen molar-refractivity contribution < 1.29 is 9.90 Å². The van der Waals surface area contributed by atoms with Crippen molar-refractivity contribution in [1.82, 2.24) is 15.2 Å². The van der Waals surface area contributed by atoms with E-state index >= 15 is 0 Å². The Hall–Kier alpha value is -2.40. The molecule has 2 aromatic rings. The van der Waals surface area contributed by atoms with Crippen molar-refractivity contribution in [2.45, 2.75) is 37.8 Å². The van der Waals surface area contributed by atoms with E-state index in [1.165, 1.54) is 0 Å². The van der Waals surface area contributed by atoms with Gasteiger partial charge in [-0.3, -0.25) is 4.98 Å². The summed E-state index contributed by atoms with van der Waals surface area (Å²) in [5, 5.41) is 12.3. The number of amides is 2. The Morgan fingerprint density at radius 3 is 2.72 bits per heavy atom. The van der Waals surface area contributed by atoms with Crippen molar-refractivity contribution in [3.8, 4) is 0 Å². The van der Waals surface area contributed by atoms with Crippen LogP contribution in [0.25, 0.3) is 0 Å². The molecule has 0 spiro atoms. The quantitative estimate of drug-likeness (QED) is 0.847. The summed E-state index contributed by atoms with van der Waals surface area (Å²) in [5.74, 6) is 0. The lowest BCUT2D eigenvalue weighted by Gasteiger charge is -2.28. The van der Waals surface area contributed by atoms with Crippen molar-refractivity contribution in [1.29, 1.82) is 0 Å². The number of pyridine rings is 1. The lowest BCUT2D eigenvalue weighted by Crippen LogP contribution is -2.41. The highest BCUT2D eigenvalue weighted by Crippen LogP contribution is 2.32. The van der Waals surface area contributed by atoms with Crippen LogP contribution < -0.4 is 5.32 Å². The summed E-state index contributed by atoms with van der Waals surface area (Å²) in [6.45, 7) is 0.892. The van der Waals surface area contributed by atoms with Gasteiger partial charge in [-0.1, -0.05) is 30.3 Å². The predicted molar refractivity (Wildman–Crippen MR) is 97.0 cm³/mol. The largest absolute Gasteiger partial charge is 0.396 e. The number of urea groups is 1. The fourth-order valence-corrected chi connectivity index (χ4v) is 3.48. The van der Waals surface area contributed by atoms with Crippen LogP contribution >= 0.6 is 0 Å². The van der Waals surface area contributed by atoms with Crippen LogP contribution in [0, 0.1) is 0 Å². The summed E-state index contributed by atoms with van der Waals surface area (Å²) in [7, 11) is 0. The minimum absolute atomic E-state index is 0.0360. The lowest BCUT2D eigenvalue weighted by atomic mass is 10.0. The van der Waals surface area contributed by atoms with E-state index in [0.29, 0.717) is 6.42 Å². The van der Waals surface area contributed by atoms with Crippen LogP contribution in [0.5, 0.6) is 0 Å². The molecule has 3 rings (SSSR count). The number of aliphatic hydroxyl groups is 1. The highest BCUT2D eigenvalue weighted by molar-refractivity contribution is 5.75. The normalized spacial score (nSPS) is 18.1. The van der Waals surface area contributed by atoms with Crippen molar-refractivity contribution in [3.63, 3.8) is 0 Å². The smallest absolute Gasteiger partial charge is 0.318 e. The SMILES string of the molecule is O=C(NC(CCCO)c1ccccc1)N1CCCC1c1ccncc1. The number of rotatable bonds is 6. The molecule has 0 aliphatic carbocycles. The van der Waals surface area contributed by atoms with Gasteiger partial charge in [-0.05, 0) is 48.9 Å². The van der Waals surface area contributed by atoms with Gasteiger partial charge in [0.05, 0.1) is 12.1 Å². The average molecular weight is 339 g/mol. The zero-order valence-electron chi connectivity index (χ0n) is 14.3. The monoisotopic (exact) mass is 339 g/mol. The molecule has 0 radical (unpaired) electrons. The van der Waals surface area contributed by atoms with Crippen LogP contribution in [0.3, 0.4) is 0 Å². The summed E-state index contributed by atoms with van der Waals surface area (Å²) in [6, 6.07) is 13.9. The van der Waals surface area contributed by atoms with Gasteiger partial charge in [0.15, 0.2) is 0 Å². The van der Waals surface area contributed by atoms with Crippen LogP contribution in [0.1, 0.15) is 48.9 Å². The van der Waals surface area contributed by atoms with E-state index in [1.54, 1.807) is 12.4 Å². The van der Waals surface area contributed by atoms with E-state index in [9.17, 15) is 4.79 Å². The molecule has 2 atom stereocenters. The minimum Gasteiger partial charge on any atom is -0.396 e. The summed E-state index contributed by atoms with van der Waals surface area (Å²) in [6.07, 6.45) is 6.92. The molecule has 0 bridgehead atoms. The number of nitrogens with zero attached hydrogens (tertiary/aromatic N) is 2. The molecule has 2 N–H and O–H groups in total. The second kappa shape index (κ2) is 8.62. The average Bonchev–Trinajstić information content (AvgIpc) is 3.16. The zero-order valence-corrected chi connectivity index (χ0v) is 14.3. The van der Waals surface area contributed by atoms with E-state index in [2.05, 4.69) is 10.3 Å². The number of aromatic nitrogens is 1. The van der Waals surface area contributed by atoms with E-state index in [-0.39, 0.29) is 24.7 Å². The Bertz CT molecular complexity index is 663. The molecular formula is C20H25N3O2. The number of carbonyl (C=O) groups excluding carboxylic acids is 1. The first-order chi connectivity index (χ1) is 12.3. The number of carbonyl (C=O) groups is 1. The number of benzene rings is 1. The molecule has 2 amide bonds. The lowest BCUT2D eigenvalue weighted by molar-refractivity contribution is 0.186. The van der Waals surface area contributed by atoms with Gasteiger partial charge >= 0.3 is 6.03 Å². The maximum atomic E-state index is 12.9. The van der Waals surface area contributed by atoms with Gasteiger partial charge in [0.1, 0.15) is 0 Å². The molecule has 5 nitrogen and oxygen atoms in total. The fraction of sp³-hybridized carbons (Fsp3) is 0.400. The third-order valence-electron chi connectivity index (χ3n) is 4.76. The molecule has 132 valence electrons. The van der Waals surface area contributed by atoms with Gasteiger partial charge in [-0.2, -0.15) is 0 Å². The van der Waals surface area contributed by atoms with Gasteiger partial charge in [-0.15, -0.1) is 0 Å². The number of hydrogen-bond donors (Lipinski definition) is 2. The summed E-state index contributed by atoms with van der Waals surface area (Å²) in [5.41, 5.74) is 2.21. The Morgan fingerprint density at radius 2 is 2.00 bits per heavy atom. The number of nitrogens with one attached hydrogen (secondary N) is 1. The zero-order chi connectivity index (χ0) is 17.5. The summed E-state index contributed by atoms with van der Waals surface area (Å²) < 4.78 is 0. The third-order valence-corrected chi connectivity index (χ3v) is 4.76. The van der Waals surface area contributed by atoms with Gasteiger partial charge < -0.3 is 15.3 Å². The summed E-state index contributed by atoms with van der Waals surface area (Å²) >= 11 is 0. The van der Waals surface area contributed by atoms with Crippen LogP contribution in [0.15, 0.2) is 54.9 Å². The molecule has 1 aliphatic rings. The molecular weight excluding hydrogens is 314 g/mol. The van der Waals surface area contributed by atoms with Crippen molar-refractivity contribution >= 4 is 6.03 Å². The fourth-order valence-electron chi connectivity index (χ4n) is 3.48. The molecule has 1 aromatic carbocycles. The minimum atomic E-state index is -0.0838.